The Hall–Kier alpha value is -1.27. The number of cyclic esters (lactones) is 1. The summed E-state index contributed by atoms with van der Waals surface area (Å²) in [4.78, 5) is 11.9. The van der Waals surface area contributed by atoms with Gasteiger partial charge in [0.1, 0.15) is 24.9 Å². The highest BCUT2D eigenvalue weighted by molar-refractivity contribution is 5.85. The maximum Gasteiger partial charge on any atom is 0.331 e. The molecule has 4 aliphatic carbocycles. The lowest BCUT2D eigenvalue weighted by Gasteiger charge is -2.65. The summed E-state index contributed by atoms with van der Waals surface area (Å²) in [6.45, 7) is 9.90. The van der Waals surface area contributed by atoms with Gasteiger partial charge in [-0.05, 0) is 107 Å². The van der Waals surface area contributed by atoms with E-state index >= 15 is 0 Å². The molecular weight excluding hydrogens is 716 g/mol. The minimum atomic E-state index is -1.01. The molecule has 0 aromatic carbocycles. The van der Waals surface area contributed by atoms with Gasteiger partial charge in [-0.2, -0.15) is 0 Å². The minimum Gasteiger partial charge on any atom is -0.458 e. The first-order chi connectivity index (χ1) is 26.0. The predicted octanol–water partition coefficient (Wildman–Crippen LogP) is 2.22. The Balaban J connectivity index is 0.837. The summed E-state index contributed by atoms with van der Waals surface area (Å²) in [6.07, 6.45) is -1.51. The molecule has 4 aliphatic heterocycles. The third-order valence-corrected chi connectivity index (χ3v) is 16.0. The molecule has 0 aromatic rings. The Kier molecular flexibility index (Phi) is 11.1. The van der Waals surface area contributed by atoms with Gasteiger partial charge in [0.15, 0.2) is 18.9 Å². The summed E-state index contributed by atoms with van der Waals surface area (Å²) in [5.74, 6) is 0.204. The number of carbonyl (C=O) groups is 1. The van der Waals surface area contributed by atoms with Crippen LogP contribution < -0.4 is 0 Å². The maximum atomic E-state index is 12.6. The van der Waals surface area contributed by atoms with Crippen molar-refractivity contribution in [3.63, 3.8) is 0 Å². The van der Waals surface area contributed by atoms with Crippen molar-refractivity contribution in [1.82, 2.24) is 0 Å². The van der Waals surface area contributed by atoms with Crippen LogP contribution in [0.15, 0.2) is 11.6 Å². The lowest BCUT2D eigenvalue weighted by molar-refractivity contribution is -0.336. The van der Waals surface area contributed by atoms with Crippen molar-refractivity contribution in [3.8, 4) is 0 Å². The highest BCUT2D eigenvalue weighted by Crippen LogP contribution is 2.70. The first-order valence-electron chi connectivity index (χ1n) is 20.9. The quantitative estimate of drug-likeness (QED) is 0.162. The molecule has 4 heterocycles. The summed E-state index contributed by atoms with van der Waals surface area (Å²) >= 11 is 0. The van der Waals surface area contributed by atoms with Gasteiger partial charge < -0.3 is 63.8 Å². The lowest BCUT2D eigenvalue weighted by atomic mass is 9.42. The number of aliphatic hydroxyl groups excluding tert-OH is 5. The van der Waals surface area contributed by atoms with E-state index in [-0.39, 0.29) is 61.1 Å². The fourth-order valence-corrected chi connectivity index (χ4v) is 12.8. The Morgan fingerprint density at radius 2 is 1.29 bits per heavy atom. The topological polar surface area (TPSA) is 203 Å². The zero-order chi connectivity index (χ0) is 39.2. The van der Waals surface area contributed by atoms with Crippen molar-refractivity contribution in [1.29, 1.82) is 0 Å². The SMILES string of the molecule is C[C@H]1O[C@@H](O[C@H]2[C@@H](O)C[C@H](O[C@H]3[C@@H](O)C[C@@H](O[C@H]4CC[C@@]5(C)[C@H](CC[C@@H]6[C@@H]5C[C@@H](O)[C@]5(C)[C@@H](C7=CC(=O)OC7)CC[C@]65O)C4)O[C@@H]3C)O[C@@H]2C)C[C@H](O)[C@@H]1O. The summed E-state index contributed by atoms with van der Waals surface area (Å²) in [5.41, 5.74) is -0.892. The molecule has 0 aromatic heterocycles. The van der Waals surface area contributed by atoms with Crippen LogP contribution in [0.4, 0.5) is 0 Å². The largest absolute Gasteiger partial charge is 0.458 e. The van der Waals surface area contributed by atoms with Gasteiger partial charge in [0.25, 0.3) is 0 Å². The molecule has 14 heteroatoms. The smallest absolute Gasteiger partial charge is 0.331 e. The predicted molar refractivity (Wildman–Crippen MR) is 193 cm³/mol. The van der Waals surface area contributed by atoms with Crippen molar-refractivity contribution >= 4 is 5.97 Å². The van der Waals surface area contributed by atoms with Crippen LogP contribution in [0.5, 0.6) is 0 Å². The molecule has 0 unspecified atom stereocenters. The molecule has 3 saturated heterocycles. The van der Waals surface area contributed by atoms with Gasteiger partial charge in [0, 0.05) is 30.8 Å². The Morgan fingerprint density at radius 3 is 1.87 bits per heavy atom. The van der Waals surface area contributed by atoms with Crippen LogP contribution in [-0.2, 0) is 38.0 Å². The van der Waals surface area contributed by atoms with Gasteiger partial charge in [-0.1, -0.05) is 13.8 Å². The first-order valence-corrected chi connectivity index (χ1v) is 20.9. The van der Waals surface area contributed by atoms with Crippen LogP contribution in [0, 0.1) is 34.5 Å². The number of esters is 1. The van der Waals surface area contributed by atoms with E-state index in [9.17, 15) is 35.4 Å². The van der Waals surface area contributed by atoms with E-state index in [1.807, 2.05) is 13.8 Å². The van der Waals surface area contributed by atoms with E-state index in [0.717, 1.165) is 44.1 Å². The van der Waals surface area contributed by atoms with Crippen LogP contribution in [0.1, 0.15) is 105 Å². The van der Waals surface area contributed by atoms with E-state index < -0.39 is 90.9 Å². The summed E-state index contributed by atoms with van der Waals surface area (Å²) in [5, 5.41) is 66.9. The van der Waals surface area contributed by atoms with Crippen molar-refractivity contribution in [2.75, 3.05) is 6.61 Å². The van der Waals surface area contributed by atoms with Gasteiger partial charge in [0.05, 0.1) is 54.4 Å². The number of ether oxygens (including phenoxy) is 7. The Labute approximate surface area is 323 Å². The second-order valence-electron chi connectivity index (χ2n) is 18.8. The van der Waals surface area contributed by atoms with Crippen molar-refractivity contribution in [3.05, 3.63) is 11.6 Å². The van der Waals surface area contributed by atoms with Crippen LogP contribution in [0.2, 0.25) is 0 Å². The molecule has 4 saturated carbocycles. The number of hydrogen-bond donors (Lipinski definition) is 6. The fourth-order valence-electron chi connectivity index (χ4n) is 12.8. The summed E-state index contributed by atoms with van der Waals surface area (Å²) in [6, 6.07) is 0. The highest BCUT2D eigenvalue weighted by atomic mass is 16.7. The zero-order valence-corrected chi connectivity index (χ0v) is 32.9. The second kappa shape index (κ2) is 15.1. The van der Waals surface area contributed by atoms with Gasteiger partial charge >= 0.3 is 5.97 Å². The molecule has 8 rings (SSSR count). The standard InChI is InChI=1S/C41H64O14/c1-19-36(47)28(42)15-34(50-19)54-38-21(3)52-35(17-30(38)44)55-37-20(2)51-33(16-29(37)43)53-24-8-10-39(4)23(13-24)6-7-26-27(39)14-31(45)40(5)25(9-11-41(26,40)48)22-12-32(46)49-18-22/h12,19-21,23-31,33-38,42-45,47-48H,6-11,13-18H2,1-5H3/t19-,20-,21-,23-,24+,25-,26-,27+,28+,29+,30+,31-,33-,34+,35+,36-,37-,38-,39+,40+,41+/m1/s1. The third-order valence-electron chi connectivity index (χ3n) is 16.0. The molecule has 0 spiro atoms. The molecule has 21 atom stereocenters. The van der Waals surface area contributed by atoms with Gasteiger partial charge in [-0.25, -0.2) is 4.79 Å². The minimum absolute atomic E-state index is 0.0452. The van der Waals surface area contributed by atoms with Gasteiger partial charge in [-0.3, -0.25) is 0 Å². The summed E-state index contributed by atoms with van der Waals surface area (Å²) < 4.78 is 42.1. The molecular formula is C41H64O14. The second-order valence-corrected chi connectivity index (χ2v) is 18.8. The summed E-state index contributed by atoms with van der Waals surface area (Å²) in [7, 11) is 0. The number of rotatable bonds is 7. The number of fused-ring (bicyclic) bond motifs is 5. The van der Waals surface area contributed by atoms with E-state index in [2.05, 4.69) is 6.92 Å². The Morgan fingerprint density at radius 1 is 0.691 bits per heavy atom. The average molecular weight is 781 g/mol. The number of carbonyl (C=O) groups excluding carboxylic acids is 1. The van der Waals surface area contributed by atoms with Gasteiger partial charge in [-0.15, -0.1) is 0 Å². The first kappa shape index (κ1) is 40.5. The van der Waals surface area contributed by atoms with Crippen LogP contribution in [-0.4, -0.2) is 135 Å². The van der Waals surface area contributed by atoms with E-state index in [4.69, 9.17) is 33.2 Å². The molecule has 8 aliphatic rings. The molecule has 0 bridgehead atoms. The molecule has 55 heavy (non-hydrogen) atoms. The van der Waals surface area contributed by atoms with Crippen molar-refractivity contribution < 1.29 is 68.6 Å². The van der Waals surface area contributed by atoms with Crippen LogP contribution >= 0.6 is 0 Å². The lowest BCUT2D eigenvalue weighted by Crippen LogP contribution is -2.67. The molecule has 312 valence electrons. The van der Waals surface area contributed by atoms with Crippen molar-refractivity contribution in [2.45, 2.75) is 197 Å². The zero-order valence-electron chi connectivity index (χ0n) is 32.9. The monoisotopic (exact) mass is 780 g/mol. The normalized spacial score (nSPS) is 55.5. The van der Waals surface area contributed by atoms with E-state index in [1.54, 1.807) is 19.9 Å². The molecule has 14 nitrogen and oxygen atoms in total. The van der Waals surface area contributed by atoms with Gasteiger partial charge in [0.2, 0.25) is 0 Å². The molecule has 0 amide bonds. The fraction of sp³-hybridized carbons (Fsp3) is 0.927. The van der Waals surface area contributed by atoms with E-state index in [0.29, 0.717) is 18.8 Å². The average Bonchev–Trinajstić information content (AvgIpc) is 3.67. The van der Waals surface area contributed by atoms with E-state index in [1.165, 1.54) is 0 Å². The van der Waals surface area contributed by atoms with Crippen molar-refractivity contribution in [2.24, 2.45) is 34.5 Å². The third kappa shape index (κ3) is 6.95. The Bertz CT molecular complexity index is 1410. The van der Waals surface area contributed by atoms with Crippen LogP contribution in [0.25, 0.3) is 0 Å². The number of hydrogen-bond acceptors (Lipinski definition) is 14. The highest BCUT2D eigenvalue weighted by Gasteiger charge is 2.71. The molecule has 0 radical (unpaired) electrons. The molecule has 7 fully saturated rings. The molecule has 6 N–H and O–H groups in total. The maximum absolute atomic E-state index is 12.6. The number of aliphatic hydroxyl groups is 6. The van der Waals surface area contributed by atoms with Crippen LogP contribution in [0.3, 0.4) is 0 Å².